The van der Waals surface area contributed by atoms with Crippen LogP contribution >= 0.6 is 0 Å². The van der Waals surface area contributed by atoms with Crippen molar-refractivity contribution in [3.63, 3.8) is 0 Å². The van der Waals surface area contributed by atoms with Gasteiger partial charge >= 0.3 is 6.36 Å². The van der Waals surface area contributed by atoms with Gasteiger partial charge in [-0.05, 0) is 30.3 Å². The molecule has 2 aromatic rings. The molecule has 0 spiro atoms. The van der Waals surface area contributed by atoms with Gasteiger partial charge in [0.05, 0.1) is 11.4 Å². The quantitative estimate of drug-likeness (QED) is 0.692. The number of hydrogen-bond donors (Lipinski definition) is 2. The summed E-state index contributed by atoms with van der Waals surface area (Å²) in [5.41, 5.74) is 0.231. The Balaban J connectivity index is 1.90. The first-order chi connectivity index (χ1) is 12.6. The summed E-state index contributed by atoms with van der Waals surface area (Å²) in [6, 6.07) is 9.22. The van der Waals surface area contributed by atoms with Crippen molar-refractivity contribution in [1.29, 1.82) is 0 Å². The Morgan fingerprint density at radius 2 is 1.67 bits per heavy atom. The highest BCUT2D eigenvalue weighted by molar-refractivity contribution is 7.89. The first kappa shape index (κ1) is 20.6. The molecule has 11 heteroatoms. The maximum absolute atomic E-state index is 13.4. The molecule has 0 fully saturated rings. The number of ether oxygens (including phenoxy) is 1. The monoisotopic (exact) mass is 406 g/mol. The van der Waals surface area contributed by atoms with Crippen molar-refractivity contribution >= 4 is 15.9 Å². The average molecular weight is 406 g/mol. The average Bonchev–Trinajstić information content (AvgIpc) is 2.58. The molecule has 0 aromatic heterocycles. The number of carbonyl (C=O) groups is 1. The van der Waals surface area contributed by atoms with Gasteiger partial charge < -0.3 is 10.1 Å². The fourth-order valence-electron chi connectivity index (χ4n) is 1.96. The van der Waals surface area contributed by atoms with Gasteiger partial charge in [-0.2, -0.15) is 0 Å². The molecule has 2 aromatic carbocycles. The molecule has 146 valence electrons. The van der Waals surface area contributed by atoms with Crippen LogP contribution < -0.4 is 14.8 Å². The lowest BCUT2D eigenvalue weighted by atomic mass is 10.2. The standard InChI is InChI=1S/C16H14F4N2O4S/c17-14-4-2-1-3-11(14)9-21-15(23)10-22-27(24,25)13-7-5-12(6-8-13)26-16(18,19)20/h1-8,22H,9-10H2,(H,21,23). The van der Waals surface area contributed by atoms with Gasteiger partial charge in [0.1, 0.15) is 11.6 Å². The summed E-state index contributed by atoms with van der Waals surface area (Å²) in [5, 5.41) is 2.35. The molecule has 0 aliphatic rings. The summed E-state index contributed by atoms with van der Waals surface area (Å²) >= 11 is 0. The fraction of sp³-hybridized carbons (Fsp3) is 0.188. The lowest BCUT2D eigenvalue weighted by Gasteiger charge is -2.10. The second kappa shape index (κ2) is 8.35. The van der Waals surface area contributed by atoms with Gasteiger partial charge in [-0.25, -0.2) is 17.5 Å². The molecule has 0 aliphatic heterocycles. The fourth-order valence-corrected chi connectivity index (χ4v) is 2.94. The van der Waals surface area contributed by atoms with Gasteiger partial charge in [0.2, 0.25) is 15.9 Å². The van der Waals surface area contributed by atoms with Crippen LogP contribution in [0.25, 0.3) is 0 Å². The molecule has 0 atom stereocenters. The Bertz CT molecular complexity index is 899. The lowest BCUT2D eigenvalue weighted by molar-refractivity contribution is -0.274. The van der Waals surface area contributed by atoms with Crippen LogP contribution in [0.15, 0.2) is 53.4 Å². The van der Waals surface area contributed by atoms with Crippen molar-refractivity contribution in [2.45, 2.75) is 17.8 Å². The number of rotatable bonds is 7. The van der Waals surface area contributed by atoms with Crippen molar-refractivity contribution in [2.75, 3.05) is 6.54 Å². The Labute approximate surface area is 152 Å². The topological polar surface area (TPSA) is 84.5 Å². The van der Waals surface area contributed by atoms with Crippen molar-refractivity contribution in [3.05, 3.63) is 59.9 Å². The zero-order valence-corrected chi connectivity index (χ0v) is 14.4. The molecule has 0 aliphatic carbocycles. The van der Waals surface area contributed by atoms with Gasteiger partial charge in [0.25, 0.3) is 0 Å². The molecule has 0 saturated carbocycles. The SMILES string of the molecule is O=C(CNS(=O)(=O)c1ccc(OC(F)(F)F)cc1)NCc1ccccc1F. The zero-order valence-electron chi connectivity index (χ0n) is 13.6. The van der Waals surface area contributed by atoms with Crippen LogP contribution in [-0.4, -0.2) is 27.2 Å². The van der Waals surface area contributed by atoms with Gasteiger partial charge in [0, 0.05) is 12.1 Å². The summed E-state index contributed by atoms with van der Waals surface area (Å²) in [4.78, 5) is 11.4. The van der Waals surface area contributed by atoms with E-state index in [9.17, 15) is 30.8 Å². The van der Waals surface area contributed by atoms with Crippen LogP contribution in [0.3, 0.4) is 0 Å². The smallest absolute Gasteiger partial charge is 0.406 e. The maximum Gasteiger partial charge on any atom is 0.573 e. The molecule has 27 heavy (non-hydrogen) atoms. The van der Waals surface area contributed by atoms with E-state index in [0.717, 1.165) is 24.3 Å². The van der Waals surface area contributed by atoms with E-state index in [1.54, 1.807) is 6.07 Å². The minimum absolute atomic E-state index is 0.128. The van der Waals surface area contributed by atoms with E-state index < -0.39 is 40.4 Å². The Morgan fingerprint density at radius 1 is 1.04 bits per heavy atom. The predicted octanol–water partition coefficient (Wildman–Crippen LogP) is 2.32. The van der Waals surface area contributed by atoms with E-state index in [-0.39, 0.29) is 17.0 Å². The normalized spacial score (nSPS) is 11.9. The third kappa shape index (κ3) is 6.53. The molecule has 1 amide bonds. The van der Waals surface area contributed by atoms with Crippen molar-refractivity contribution in [1.82, 2.24) is 10.0 Å². The lowest BCUT2D eigenvalue weighted by Crippen LogP contribution is -2.36. The van der Waals surface area contributed by atoms with Crippen LogP contribution in [0.1, 0.15) is 5.56 Å². The van der Waals surface area contributed by atoms with Gasteiger partial charge in [-0.15, -0.1) is 13.2 Å². The van der Waals surface area contributed by atoms with E-state index >= 15 is 0 Å². The summed E-state index contributed by atoms with van der Waals surface area (Å²) in [6.07, 6.45) is -4.89. The summed E-state index contributed by atoms with van der Waals surface area (Å²) in [5.74, 6) is -1.80. The Morgan fingerprint density at radius 3 is 2.26 bits per heavy atom. The molecule has 0 heterocycles. The van der Waals surface area contributed by atoms with E-state index in [0.29, 0.717) is 0 Å². The molecular weight excluding hydrogens is 392 g/mol. The van der Waals surface area contributed by atoms with Crippen LogP contribution in [-0.2, 0) is 21.4 Å². The minimum Gasteiger partial charge on any atom is -0.406 e. The zero-order chi connectivity index (χ0) is 20.1. The number of sulfonamides is 1. The first-order valence-electron chi connectivity index (χ1n) is 7.42. The number of amides is 1. The number of carbonyl (C=O) groups excluding carboxylic acids is 1. The van der Waals surface area contributed by atoms with Gasteiger partial charge in [0.15, 0.2) is 0 Å². The molecule has 0 unspecified atom stereocenters. The van der Waals surface area contributed by atoms with E-state index in [1.807, 2.05) is 4.72 Å². The van der Waals surface area contributed by atoms with Crippen LogP contribution in [0.5, 0.6) is 5.75 Å². The summed E-state index contributed by atoms with van der Waals surface area (Å²) < 4.78 is 79.4. The highest BCUT2D eigenvalue weighted by Gasteiger charge is 2.31. The Hall–Kier alpha value is -2.66. The number of hydrogen-bond acceptors (Lipinski definition) is 4. The number of alkyl halides is 3. The first-order valence-corrected chi connectivity index (χ1v) is 8.91. The molecule has 2 N–H and O–H groups in total. The summed E-state index contributed by atoms with van der Waals surface area (Å²) in [6.45, 7) is -0.756. The molecule has 0 bridgehead atoms. The number of benzene rings is 2. The van der Waals surface area contributed by atoms with E-state index in [1.165, 1.54) is 18.2 Å². The van der Waals surface area contributed by atoms with E-state index in [2.05, 4.69) is 10.1 Å². The van der Waals surface area contributed by atoms with E-state index in [4.69, 9.17) is 0 Å². The highest BCUT2D eigenvalue weighted by atomic mass is 32.2. The third-order valence-corrected chi connectivity index (χ3v) is 4.64. The second-order valence-corrected chi connectivity index (χ2v) is 6.98. The Kier molecular flexibility index (Phi) is 6.39. The van der Waals surface area contributed by atoms with Crippen LogP contribution in [0.2, 0.25) is 0 Å². The van der Waals surface area contributed by atoms with Gasteiger partial charge in [-0.3, -0.25) is 4.79 Å². The van der Waals surface area contributed by atoms with Crippen LogP contribution in [0, 0.1) is 5.82 Å². The van der Waals surface area contributed by atoms with Crippen molar-refractivity contribution in [3.8, 4) is 5.75 Å². The number of halogens is 4. The molecule has 0 saturated heterocycles. The van der Waals surface area contributed by atoms with Crippen LogP contribution in [0.4, 0.5) is 17.6 Å². The minimum atomic E-state index is -4.89. The number of nitrogens with one attached hydrogen (secondary N) is 2. The van der Waals surface area contributed by atoms with Crippen molar-refractivity contribution in [2.24, 2.45) is 0 Å². The van der Waals surface area contributed by atoms with Gasteiger partial charge in [-0.1, -0.05) is 18.2 Å². The highest BCUT2D eigenvalue weighted by Crippen LogP contribution is 2.23. The molecule has 0 radical (unpaired) electrons. The largest absolute Gasteiger partial charge is 0.573 e. The third-order valence-electron chi connectivity index (χ3n) is 3.22. The molecule has 2 rings (SSSR count). The second-order valence-electron chi connectivity index (χ2n) is 5.21. The van der Waals surface area contributed by atoms with Crippen molar-refractivity contribution < 1.29 is 35.5 Å². The molecular formula is C16H14F4N2O4S. The molecule has 6 nitrogen and oxygen atoms in total. The predicted molar refractivity (Wildman–Crippen MR) is 86.6 cm³/mol. The summed E-state index contributed by atoms with van der Waals surface area (Å²) in [7, 11) is -4.13. The maximum atomic E-state index is 13.4.